The van der Waals surface area contributed by atoms with Gasteiger partial charge in [0.15, 0.2) is 11.5 Å². The summed E-state index contributed by atoms with van der Waals surface area (Å²) in [5, 5.41) is 12.9. The molecule has 2 amide bonds. The molecule has 1 aliphatic heterocycles. The summed E-state index contributed by atoms with van der Waals surface area (Å²) in [5.41, 5.74) is 1.98. The van der Waals surface area contributed by atoms with Gasteiger partial charge >= 0.3 is 12.0 Å². The summed E-state index contributed by atoms with van der Waals surface area (Å²) in [5.74, 6) is 0.0157. The second-order valence-corrected chi connectivity index (χ2v) is 7.36. The molecule has 0 spiro atoms. The third-order valence-electron chi connectivity index (χ3n) is 4.80. The van der Waals surface area contributed by atoms with E-state index in [1.54, 1.807) is 24.3 Å². The number of fused-ring (bicyclic) bond motifs is 1. The molecule has 29 heavy (non-hydrogen) atoms. The van der Waals surface area contributed by atoms with E-state index >= 15 is 0 Å². The first-order valence-electron chi connectivity index (χ1n) is 8.83. The van der Waals surface area contributed by atoms with Gasteiger partial charge in [0.1, 0.15) is 0 Å². The van der Waals surface area contributed by atoms with Crippen LogP contribution in [0.2, 0.25) is 10.0 Å². The number of hydrogen-bond acceptors (Lipinski definition) is 4. The smallest absolute Gasteiger partial charge is 0.322 e. The van der Waals surface area contributed by atoms with Crippen LogP contribution < -0.4 is 14.8 Å². The van der Waals surface area contributed by atoms with E-state index < -0.39 is 18.0 Å². The highest BCUT2D eigenvalue weighted by molar-refractivity contribution is 6.35. The Hall–Kier alpha value is -2.64. The van der Waals surface area contributed by atoms with Crippen molar-refractivity contribution in [3.8, 4) is 11.5 Å². The zero-order valence-electron chi connectivity index (χ0n) is 15.9. The molecular formula is C20H20Cl2N2O5. The summed E-state index contributed by atoms with van der Waals surface area (Å²) in [7, 11) is 3.04. The average Bonchev–Trinajstić information content (AvgIpc) is 2.69. The minimum atomic E-state index is -1.02. The third-order valence-corrected chi connectivity index (χ3v) is 5.37. The quantitative estimate of drug-likeness (QED) is 0.710. The molecule has 1 heterocycles. The lowest BCUT2D eigenvalue weighted by Gasteiger charge is -2.37. The second kappa shape index (κ2) is 8.80. The number of urea groups is 1. The molecule has 1 atom stereocenters. The van der Waals surface area contributed by atoms with E-state index in [0.29, 0.717) is 45.8 Å². The number of carboxylic acid groups (broad SMARTS) is 1. The minimum absolute atomic E-state index is 0.251. The van der Waals surface area contributed by atoms with Crippen molar-refractivity contribution in [1.82, 2.24) is 4.90 Å². The molecule has 2 N–H and O–H groups in total. The summed E-state index contributed by atoms with van der Waals surface area (Å²) in [6.45, 7) is 0.338. The number of methoxy groups -OCH3 is 2. The van der Waals surface area contributed by atoms with Crippen LogP contribution in [-0.4, -0.2) is 42.8 Å². The summed E-state index contributed by atoms with van der Waals surface area (Å²) < 4.78 is 10.7. The number of nitrogens with one attached hydrogen (secondary N) is 1. The number of halogens is 2. The number of carbonyl (C=O) groups excluding carboxylic acids is 1. The van der Waals surface area contributed by atoms with Crippen LogP contribution in [0.15, 0.2) is 30.3 Å². The van der Waals surface area contributed by atoms with Gasteiger partial charge in [-0.1, -0.05) is 23.2 Å². The molecule has 7 nitrogen and oxygen atoms in total. The summed E-state index contributed by atoms with van der Waals surface area (Å²) >= 11 is 12.1. The maximum atomic E-state index is 13.0. The van der Waals surface area contributed by atoms with Gasteiger partial charge in [0, 0.05) is 11.6 Å². The summed E-state index contributed by atoms with van der Waals surface area (Å²) in [6, 6.07) is 7.16. The highest BCUT2D eigenvalue weighted by atomic mass is 35.5. The van der Waals surface area contributed by atoms with E-state index in [9.17, 15) is 14.7 Å². The molecule has 0 radical (unpaired) electrons. The molecule has 2 aromatic rings. The second-order valence-electron chi connectivity index (χ2n) is 6.52. The van der Waals surface area contributed by atoms with Crippen molar-refractivity contribution in [1.29, 1.82) is 0 Å². The average molecular weight is 439 g/mol. The van der Waals surface area contributed by atoms with Crippen molar-refractivity contribution in [2.75, 3.05) is 26.1 Å². The van der Waals surface area contributed by atoms with Gasteiger partial charge < -0.3 is 24.8 Å². The standard InChI is InChI=1S/C20H20Cl2N2O5/c1-28-17-7-11-5-6-24(16(10-19(25)26)13(11)9-18(17)29-2)20(27)23-15-8-12(21)3-4-14(15)22/h3-4,7-9,16H,5-6,10H2,1-2H3,(H,23,27)(H,25,26)/t16-/m1/s1. The lowest BCUT2D eigenvalue weighted by molar-refractivity contribution is -0.138. The minimum Gasteiger partial charge on any atom is -0.493 e. The first-order valence-corrected chi connectivity index (χ1v) is 9.59. The zero-order valence-corrected chi connectivity index (χ0v) is 17.4. The van der Waals surface area contributed by atoms with E-state index in [1.165, 1.54) is 19.1 Å². The van der Waals surface area contributed by atoms with Crippen LogP contribution in [0.4, 0.5) is 10.5 Å². The largest absolute Gasteiger partial charge is 0.493 e. The first-order chi connectivity index (χ1) is 13.8. The number of nitrogens with zero attached hydrogens (tertiary/aromatic N) is 1. The first kappa shape index (κ1) is 21.1. The maximum absolute atomic E-state index is 13.0. The summed E-state index contributed by atoms with van der Waals surface area (Å²) in [6.07, 6.45) is 0.293. The zero-order chi connectivity index (χ0) is 21.1. The molecule has 0 unspecified atom stereocenters. The van der Waals surface area contributed by atoms with Crippen molar-refractivity contribution < 1.29 is 24.2 Å². The van der Waals surface area contributed by atoms with Gasteiger partial charge in [-0.05, 0) is 47.9 Å². The number of rotatable bonds is 5. The Balaban J connectivity index is 1.96. The van der Waals surface area contributed by atoms with Crippen molar-refractivity contribution in [3.05, 3.63) is 51.5 Å². The van der Waals surface area contributed by atoms with Gasteiger partial charge in [-0.15, -0.1) is 0 Å². The molecule has 3 rings (SSSR count). The molecule has 0 aliphatic carbocycles. The van der Waals surface area contributed by atoms with Crippen molar-refractivity contribution in [3.63, 3.8) is 0 Å². The molecule has 0 fully saturated rings. The van der Waals surface area contributed by atoms with Crippen LogP contribution in [0.5, 0.6) is 11.5 Å². The number of carbonyl (C=O) groups is 2. The van der Waals surface area contributed by atoms with Crippen molar-refractivity contribution in [2.45, 2.75) is 18.9 Å². The van der Waals surface area contributed by atoms with E-state index in [2.05, 4.69) is 5.32 Å². The van der Waals surface area contributed by atoms with Gasteiger partial charge in [-0.25, -0.2) is 4.79 Å². The van der Waals surface area contributed by atoms with E-state index in [-0.39, 0.29) is 6.42 Å². The lowest BCUT2D eigenvalue weighted by atomic mass is 9.90. The topological polar surface area (TPSA) is 88.1 Å². The van der Waals surface area contributed by atoms with E-state index in [1.807, 2.05) is 6.07 Å². The molecule has 9 heteroatoms. The number of anilines is 1. The molecule has 1 aliphatic rings. The normalized spacial score (nSPS) is 15.4. The van der Waals surface area contributed by atoms with Crippen LogP contribution >= 0.6 is 23.2 Å². The van der Waals surface area contributed by atoms with Gasteiger partial charge in [0.2, 0.25) is 0 Å². The number of aliphatic carboxylic acids is 1. The highest BCUT2D eigenvalue weighted by Crippen LogP contribution is 2.40. The number of benzene rings is 2. The van der Waals surface area contributed by atoms with Crippen LogP contribution in [0.3, 0.4) is 0 Å². The molecule has 2 aromatic carbocycles. The predicted octanol–water partition coefficient (Wildman–Crippen LogP) is 4.62. The van der Waals surface area contributed by atoms with Crippen molar-refractivity contribution >= 4 is 40.9 Å². The van der Waals surface area contributed by atoms with Crippen LogP contribution in [-0.2, 0) is 11.2 Å². The number of amides is 2. The maximum Gasteiger partial charge on any atom is 0.322 e. The number of hydrogen-bond donors (Lipinski definition) is 2. The van der Waals surface area contributed by atoms with Crippen LogP contribution in [0.25, 0.3) is 0 Å². The molecule has 0 saturated heterocycles. The fourth-order valence-corrected chi connectivity index (χ4v) is 3.77. The van der Waals surface area contributed by atoms with E-state index in [4.69, 9.17) is 32.7 Å². The van der Waals surface area contributed by atoms with Gasteiger partial charge in [0.25, 0.3) is 0 Å². The molecule has 0 saturated carbocycles. The Morgan fingerprint density at radius 3 is 2.52 bits per heavy atom. The SMILES string of the molecule is COc1cc2c(cc1OC)[C@@H](CC(=O)O)N(C(=O)Nc1cc(Cl)ccc1Cl)CC2. The predicted molar refractivity (Wildman–Crippen MR) is 110 cm³/mol. The molecule has 0 aromatic heterocycles. The fourth-order valence-electron chi connectivity index (χ4n) is 3.44. The van der Waals surface area contributed by atoms with Crippen molar-refractivity contribution in [2.24, 2.45) is 0 Å². The Labute approximate surface area is 178 Å². The number of carboxylic acids is 1. The van der Waals surface area contributed by atoms with Gasteiger partial charge in [-0.3, -0.25) is 4.79 Å². The Morgan fingerprint density at radius 2 is 1.86 bits per heavy atom. The van der Waals surface area contributed by atoms with Gasteiger partial charge in [0.05, 0.1) is 37.4 Å². The Morgan fingerprint density at radius 1 is 1.17 bits per heavy atom. The monoisotopic (exact) mass is 438 g/mol. The van der Waals surface area contributed by atoms with Gasteiger partial charge in [-0.2, -0.15) is 0 Å². The number of ether oxygens (including phenoxy) is 2. The summed E-state index contributed by atoms with van der Waals surface area (Å²) in [4.78, 5) is 26.0. The molecule has 154 valence electrons. The molecular weight excluding hydrogens is 419 g/mol. The van der Waals surface area contributed by atoms with E-state index in [0.717, 1.165) is 5.56 Å². The van der Waals surface area contributed by atoms with Crippen LogP contribution in [0.1, 0.15) is 23.6 Å². The Bertz CT molecular complexity index is 951. The highest BCUT2D eigenvalue weighted by Gasteiger charge is 2.34. The lowest BCUT2D eigenvalue weighted by Crippen LogP contribution is -2.43. The fraction of sp³-hybridized carbons (Fsp3) is 0.300. The molecule has 0 bridgehead atoms. The Kier molecular flexibility index (Phi) is 6.39. The third kappa shape index (κ3) is 4.52. The van der Waals surface area contributed by atoms with Crippen LogP contribution in [0, 0.1) is 0 Å².